The van der Waals surface area contributed by atoms with Crippen molar-refractivity contribution in [2.75, 3.05) is 6.54 Å². The van der Waals surface area contributed by atoms with Crippen LogP contribution in [0.25, 0.3) is 5.73 Å². The standard InChI is InChI=1S/C4H10N.K/c1-2-3-4-5;/h5H,2-4H2,1H3;/q-1;+1. The van der Waals surface area contributed by atoms with E-state index in [-0.39, 0.29) is 51.4 Å². The quantitative estimate of drug-likeness (QED) is 0.402. The maximum absolute atomic E-state index is 6.60. The zero-order valence-corrected chi connectivity index (χ0v) is 7.74. The molecule has 0 amide bonds. The van der Waals surface area contributed by atoms with Gasteiger partial charge in [0.15, 0.2) is 0 Å². The maximum atomic E-state index is 6.60. The summed E-state index contributed by atoms with van der Waals surface area (Å²) in [7, 11) is 0. The van der Waals surface area contributed by atoms with E-state index < -0.39 is 0 Å². The number of hydrogen-bond acceptors (Lipinski definition) is 0. The number of nitrogens with one attached hydrogen (secondary N) is 1. The van der Waals surface area contributed by atoms with Gasteiger partial charge in [0.25, 0.3) is 0 Å². The topological polar surface area (TPSA) is 23.8 Å². The zero-order valence-electron chi connectivity index (χ0n) is 4.62. The maximum Gasteiger partial charge on any atom is 1.00 e. The van der Waals surface area contributed by atoms with Crippen LogP contribution in [0.2, 0.25) is 0 Å². The molecule has 0 spiro atoms. The van der Waals surface area contributed by atoms with E-state index in [1.54, 1.807) is 0 Å². The number of rotatable bonds is 2. The van der Waals surface area contributed by atoms with Crippen LogP contribution in [0.3, 0.4) is 0 Å². The number of unbranched alkanes of at least 4 members (excludes halogenated alkanes) is 1. The van der Waals surface area contributed by atoms with E-state index >= 15 is 0 Å². The zero-order chi connectivity index (χ0) is 4.12. The van der Waals surface area contributed by atoms with Crippen molar-refractivity contribution in [1.29, 1.82) is 0 Å². The van der Waals surface area contributed by atoms with Gasteiger partial charge >= 0.3 is 51.4 Å². The van der Waals surface area contributed by atoms with Crippen LogP contribution in [0.5, 0.6) is 0 Å². The molecule has 0 aromatic carbocycles. The van der Waals surface area contributed by atoms with Gasteiger partial charge in [-0.1, -0.05) is 19.8 Å². The van der Waals surface area contributed by atoms with E-state index in [9.17, 15) is 0 Å². The Kier molecular flexibility index (Phi) is 17.2. The van der Waals surface area contributed by atoms with Gasteiger partial charge in [-0.05, 0) is 0 Å². The first-order valence-corrected chi connectivity index (χ1v) is 2.06. The van der Waals surface area contributed by atoms with Crippen LogP contribution in [-0.2, 0) is 0 Å². The summed E-state index contributed by atoms with van der Waals surface area (Å²) < 4.78 is 0. The molecule has 0 saturated heterocycles. The summed E-state index contributed by atoms with van der Waals surface area (Å²) in [6.45, 7) is 2.69. The molecule has 0 aromatic heterocycles. The Morgan fingerprint density at radius 2 is 2.00 bits per heavy atom. The van der Waals surface area contributed by atoms with Crippen molar-refractivity contribution < 1.29 is 51.4 Å². The molecular formula is C4H10KN. The summed E-state index contributed by atoms with van der Waals surface area (Å²) >= 11 is 0. The van der Waals surface area contributed by atoms with Crippen molar-refractivity contribution >= 4 is 0 Å². The van der Waals surface area contributed by atoms with E-state index in [2.05, 4.69) is 6.92 Å². The SMILES string of the molecule is CCCC[NH-].[K+]. The molecular weight excluding hydrogens is 101 g/mol. The van der Waals surface area contributed by atoms with E-state index in [1.807, 2.05) is 0 Å². The summed E-state index contributed by atoms with van der Waals surface area (Å²) in [5, 5.41) is 0. The second kappa shape index (κ2) is 9.78. The summed E-state index contributed by atoms with van der Waals surface area (Å²) in [4.78, 5) is 0. The van der Waals surface area contributed by atoms with Crippen molar-refractivity contribution in [3.8, 4) is 0 Å². The normalized spacial score (nSPS) is 7.00. The Morgan fingerprint density at radius 3 is 2.00 bits per heavy atom. The van der Waals surface area contributed by atoms with Gasteiger partial charge in [-0.25, -0.2) is 0 Å². The summed E-state index contributed by atoms with van der Waals surface area (Å²) in [6.07, 6.45) is 2.21. The first-order valence-electron chi connectivity index (χ1n) is 2.06. The Morgan fingerprint density at radius 1 is 1.50 bits per heavy atom. The van der Waals surface area contributed by atoms with Crippen molar-refractivity contribution in [2.45, 2.75) is 19.8 Å². The molecule has 0 aliphatic heterocycles. The molecule has 0 unspecified atom stereocenters. The molecule has 0 aliphatic carbocycles. The summed E-state index contributed by atoms with van der Waals surface area (Å²) in [6, 6.07) is 0. The number of hydrogen-bond donors (Lipinski definition) is 0. The Labute approximate surface area is 82.1 Å². The van der Waals surface area contributed by atoms with Gasteiger partial charge in [-0.2, -0.15) is 6.54 Å². The van der Waals surface area contributed by atoms with Gasteiger partial charge in [0.2, 0.25) is 0 Å². The minimum atomic E-state index is 0. The first kappa shape index (κ1) is 10.6. The molecule has 6 heavy (non-hydrogen) atoms. The molecule has 0 aromatic rings. The van der Waals surface area contributed by atoms with E-state index in [1.165, 1.54) is 0 Å². The molecule has 0 saturated carbocycles. The minimum Gasteiger partial charge on any atom is -0.677 e. The molecule has 0 radical (unpaired) electrons. The second-order valence-corrected chi connectivity index (χ2v) is 1.10. The molecule has 0 rings (SSSR count). The largest absolute Gasteiger partial charge is 1.00 e. The van der Waals surface area contributed by atoms with Gasteiger partial charge < -0.3 is 5.73 Å². The van der Waals surface area contributed by atoms with Crippen molar-refractivity contribution in [2.24, 2.45) is 0 Å². The Bertz CT molecular complexity index is 15.0. The van der Waals surface area contributed by atoms with Crippen LogP contribution >= 0.6 is 0 Å². The second-order valence-electron chi connectivity index (χ2n) is 1.10. The van der Waals surface area contributed by atoms with Crippen LogP contribution in [0, 0.1) is 0 Å². The summed E-state index contributed by atoms with van der Waals surface area (Å²) in [5.74, 6) is 0. The first-order chi connectivity index (χ1) is 2.41. The predicted molar refractivity (Wildman–Crippen MR) is 24.1 cm³/mol. The van der Waals surface area contributed by atoms with Crippen LogP contribution in [-0.4, -0.2) is 6.54 Å². The van der Waals surface area contributed by atoms with Crippen LogP contribution < -0.4 is 51.4 Å². The van der Waals surface area contributed by atoms with Gasteiger partial charge in [-0.15, -0.1) is 0 Å². The third kappa shape index (κ3) is 9.14. The average molecular weight is 111 g/mol. The molecule has 0 bridgehead atoms. The van der Waals surface area contributed by atoms with Crippen LogP contribution in [0.15, 0.2) is 0 Å². The fourth-order valence-corrected chi connectivity index (χ4v) is 0.177. The van der Waals surface area contributed by atoms with Crippen molar-refractivity contribution in [3.05, 3.63) is 5.73 Å². The van der Waals surface area contributed by atoms with E-state index in [0.29, 0.717) is 6.54 Å². The average Bonchev–Trinajstić information content (AvgIpc) is 1.41. The van der Waals surface area contributed by atoms with Gasteiger partial charge in [-0.3, -0.25) is 0 Å². The molecule has 0 fully saturated rings. The van der Waals surface area contributed by atoms with Gasteiger partial charge in [0.1, 0.15) is 0 Å². The third-order valence-electron chi connectivity index (χ3n) is 0.530. The molecule has 0 heterocycles. The molecule has 2 heteroatoms. The van der Waals surface area contributed by atoms with Crippen LogP contribution in [0.1, 0.15) is 19.8 Å². The Hall–Kier alpha value is 1.60. The Balaban J connectivity index is 0. The fourth-order valence-electron chi connectivity index (χ4n) is 0.177. The molecule has 0 aliphatic rings. The smallest absolute Gasteiger partial charge is 0.677 e. The molecule has 1 nitrogen and oxygen atoms in total. The van der Waals surface area contributed by atoms with Gasteiger partial charge in [0, 0.05) is 0 Å². The fraction of sp³-hybridized carbons (Fsp3) is 1.00. The van der Waals surface area contributed by atoms with Crippen molar-refractivity contribution in [3.63, 3.8) is 0 Å². The molecule has 1 N–H and O–H groups in total. The van der Waals surface area contributed by atoms with Crippen molar-refractivity contribution in [1.82, 2.24) is 0 Å². The molecule has 32 valence electrons. The van der Waals surface area contributed by atoms with E-state index in [4.69, 9.17) is 5.73 Å². The van der Waals surface area contributed by atoms with Crippen LogP contribution in [0.4, 0.5) is 0 Å². The predicted octanol–water partition coefficient (Wildman–Crippen LogP) is -1.16. The monoisotopic (exact) mass is 111 g/mol. The van der Waals surface area contributed by atoms with Gasteiger partial charge in [0.05, 0.1) is 0 Å². The third-order valence-corrected chi connectivity index (χ3v) is 0.530. The summed E-state index contributed by atoms with van der Waals surface area (Å²) in [5.41, 5.74) is 6.60. The van der Waals surface area contributed by atoms with E-state index in [0.717, 1.165) is 12.8 Å². The molecule has 0 atom stereocenters. The minimum absolute atomic E-state index is 0.